The summed E-state index contributed by atoms with van der Waals surface area (Å²) in [7, 11) is 0. The molecule has 1 saturated heterocycles. The number of aromatic nitrogens is 4. The summed E-state index contributed by atoms with van der Waals surface area (Å²) in [5.74, 6) is 1.34. The van der Waals surface area contributed by atoms with E-state index in [0.29, 0.717) is 5.91 Å². The first kappa shape index (κ1) is 16.1. The van der Waals surface area contributed by atoms with Gasteiger partial charge in [0.05, 0.1) is 5.69 Å². The van der Waals surface area contributed by atoms with Crippen LogP contribution in [-0.4, -0.2) is 57.2 Å². The van der Waals surface area contributed by atoms with Gasteiger partial charge in [0.25, 0.3) is 0 Å². The Morgan fingerprint density at radius 1 is 0.960 bits per heavy atom. The lowest BCUT2D eigenvalue weighted by molar-refractivity contribution is -0.136. The number of hydrogen-bond donors (Lipinski definition) is 0. The molecule has 1 aromatic heterocycles. The van der Waals surface area contributed by atoms with E-state index < -0.39 is 0 Å². The predicted molar refractivity (Wildman–Crippen MR) is 94.5 cm³/mol. The lowest BCUT2D eigenvalue weighted by Crippen LogP contribution is -2.51. The summed E-state index contributed by atoms with van der Waals surface area (Å²) >= 11 is 0. The van der Waals surface area contributed by atoms with Crippen molar-refractivity contribution >= 4 is 11.9 Å². The van der Waals surface area contributed by atoms with E-state index in [-0.39, 0.29) is 5.92 Å². The number of tetrazole rings is 1. The van der Waals surface area contributed by atoms with Crippen molar-refractivity contribution in [2.45, 2.75) is 32.1 Å². The van der Waals surface area contributed by atoms with Gasteiger partial charge in [0, 0.05) is 32.1 Å². The Balaban J connectivity index is 1.41. The molecular weight excluding hydrogens is 316 g/mol. The molecule has 2 fully saturated rings. The Bertz CT molecular complexity index is 701. The maximum atomic E-state index is 12.7. The van der Waals surface area contributed by atoms with Gasteiger partial charge in [0.15, 0.2) is 0 Å². The zero-order chi connectivity index (χ0) is 17.1. The smallest absolute Gasteiger partial charge is 0.250 e. The molecule has 7 nitrogen and oxygen atoms in total. The highest BCUT2D eigenvalue weighted by molar-refractivity contribution is 5.79. The van der Waals surface area contributed by atoms with Gasteiger partial charge in [-0.2, -0.15) is 4.68 Å². The Morgan fingerprint density at radius 3 is 2.40 bits per heavy atom. The van der Waals surface area contributed by atoms with Crippen molar-refractivity contribution < 1.29 is 4.79 Å². The van der Waals surface area contributed by atoms with E-state index in [1.165, 1.54) is 19.3 Å². The number of nitrogens with zero attached hydrogens (tertiary/aromatic N) is 6. The summed E-state index contributed by atoms with van der Waals surface area (Å²) in [6.45, 7) is 3.03. The molecule has 1 aliphatic heterocycles. The number of anilines is 1. The predicted octanol–water partition coefficient (Wildman–Crippen LogP) is 1.89. The Morgan fingerprint density at radius 2 is 1.68 bits per heavy atom. The number of carbonyl (C=O) groups is 1. The summed E-state index contributed by atoms with van der Waals surface area (Å²) in [6.07, 6.45) is 5.79. The van der Waals surface area contributed by atoms with Crippen LogP contribution >= 0.6 is 0 Å². The van der Waals surface area contributed by atoms with Gasteiger partial charge in [-0.05, 0) is 35.4 Å². The van der Waals surface area contributed by atoms with Crippen molar-refractivity contribution in [3.05, 3.63) is 30.3 Å². The van der Waals surface area contributed by atoms with Crippen LogP contribution in [0, 0.1) is 5.92 Å². The Kier molecular flexibility index (Phi) is 4.63. The zero-order valence-electron chi connectivity index (χ0n) is 14.4. The van der Waals surface area contributed by atoms with Gasteiger partial charge >= 0.3 is 0 Å². The topological polar surface area (TPSA) is 67.2 Å². The van der Waals surface area contributed by atoms with E-state index in [4.69, 9.17) is 0 Å². The minimum absolute atomic E-state index is 0.245. The van der Waals surface area contributed by atoms with Crippen molar-refractivity contribution in [3.8, 4) is 5.69 Å². The van der Waals surface area contributed by atoms with Gasteiger partial charge in [-0.15, -0.1) is 0 Å². The van der Waals surface area contributed by atoms with Crippen LogP contribution in [0.5, 0.6) is 0 Å². The first-order chi connectivity index (χ1) is 12.3. The van der Waals surface area contributed by atoms with Gasteiger partial charge in [0.2, 0.25) is 11.9 Å². The average molecular weight is 340 g/mol. The standard InChI is InChI=1S/C18H24N6O/c25-17(15-7-3-1-4-8-15)22-11-13-23(14-12-22)18-19-20-21-24(18)16-9-5-2-6-10-16/h2,5-6,9-10,15H,1,3-4,7-8,11-14H2. The Hall–Kier alpha value is -2.44. The SMILES string of the molecule is O=C(C1CCCCC1)N1CCN(c2nnnn2-c2ccccc2)CC1. The third-order valence-corrected chi connectivity index (χ3v) is 5.28. The number of para-hydroxylation sites is 1. The van der Waals surface area contributed by atoms with E-state index in [2.05, 4.69) is 20.4 Å². The molecule has 1 aliphatic carbocycles. The Labute approximate surface area is 147 Å². The van der Waals surface area contributed by atoms with Crippen LogP contribution in [0.2, 0.25) is 0 Å². The van der Waals surface area contributed by atoms with Crippen molar-refractivity contribution in [2.75, 3.05) is 31.1 Å². The minimum atomic E-state index is 0.245. The lowest BCUT2D eigenvalue weighted by Gasteiger charge is -2.37. The van der Waals surface area contributed by atoms with Crippen LogP contribution in [0.1, 0.15) is 32.1 Å². The molecule has 1 aromatic carbocycles. The fourth-order valence-electron chi connectivity index (χ4n) is 3.85. The highest BCUT2D eigenvalue weighted by atomic mass is 16.2. The van der Waals surface area contributed by atoms with Crippen molar-refractivity contribution in [1.82, 2.24) is 25.1 Å². The lowest BCUT2D eigenvalue weighted by atomic mass is 9.88. The normalized spacial score (nSPS) is 19.2. The molecule has 1 amide bonds. The molecule has 2 heterocycles. The van der Waals surface area contributed by atoms with Crippen molar-refractivity contribution in [1.29, 1.82) is 0 Å². The molecule has 132 valence electrons. The summed E-state index contributed by atoms with van der Waals surface area (Å²) in [4.78, 5) is 16.9. The van der Waals surface area contributed by atoms with Gasteiger partial charge < -0.3 is 9.80 Å². The molecule has 4 rings (SSSR count). The van der Waals surface area contributed by atoms with E-state index in [9.17, 15) is 4.79 Å². The first-order valence-electron chi connectivity index (χ1n) is 9.20. The third-order valence-electron chi connectivity index (χ3n) is 5.28. The molecule has 2 aliphatic rings. The van der Waals surface area contributed by atoms with E-state index in [1.807, 2.05) is 35.2 Å². The number of hydrogen-bond acceptors (Lipinski definition) is 5. The maximum Gasteiger partial charge on any atom is 0.250 e. The number of carbonyl (C=O) groups excluding carboxylic acids is 1. The van der Waals surface area contributed by atoms with Crippen LogP contribution in [0.3, 0.4) is 0 Å². The van der Waals surface area contributed by atoms with Gasteiger partial charge in [-0.1, -0.05) is 42.6 Å². The summed E-state index contributed by atoms with van der Waals surface area (Å²) < 4.78 is 1.76. The quantitative estimate of drug-likeness (QED) is 0.853. The number of piperazine rings is 1. The second kappa shape index (κ2) is 7.21. The third kappa shape index (κ3) is 3.36. The fraction of sp³-hybridized carbons (Fsp3) is 0.556. The second-order valence-corrected chi connectivity index (χ2v) is 6.87. The molecule has 7 heteroatoms. The number of benzene rings is 1. The van der Waals surface area contributed by atoms with Crippen molar-refractivity contribution in [3.63, 3.8) is 0 Å². The molecular formula is C18H24N6O. The van der Waals surface area contributed by atoms with Crippen LogP contribution < -0.4 is 4.90 Å². The summed E-state index contributed by atoms with van der Waals surface area (Å²) in [5, 5.41) is 12.2. The van der Waals surface area contributed by atoms with Crippen LogP contribution in [0.25, 0.3) is 5.69 Å². The molecule has 0 N–H and O–H groups in total. The number of amides is 1. The molecule has 0 atom stereocenters. The summed E-state index contributed by atoms with van der Waals surface area (Å²) in [6, 6.07) is 9.90. The van der Waals surface area contributed by atoms with Crippen molar-refractivity contribution in [2.24, 2.45) is 5.92 Å². The first-order valence-corrected chi connectivity index (χ1v) is 9.20. The van der Waals surface area contributed by atoms with E-state index in [1.54, 1.807) is 4.68 Å². The highest BCUT2D eigenvalue weighted by Crippen LogP contribution is 2.26. The molecule has 0 radical (unpaired) electrons. The van der Waals surface area contributed by atoms with Gasteiger partial charge in [-0.3, -0.25) is 4.79 Å². The molecule has 25 heavy (non-hydrogen) atoms. The fourth-order valence-corrected chi connectivity index (χ4v) is 3.85. The van der Waals surface area contributed by atoms with Crippen LogP contribution in [-0.2, 0) is 4.79 Å². The molecule has 0 unspecified atom stereocenters. The summed E-state index contributed by atoms with van der Waals surface area (Å²) in [5.41, 5.74) is 0.947. The van der Waals surface area contributed by atoms with E-state index in [0.717, 1.165) is 50.7 Å². The highest BCUT2D eigenvalue weighted by Gasteiger charge is 2.29. The largest absolute Gasteiger partial charge is 0.339 e. The van der Waals surface area contributed by atoms with Gasteiger partial charge in [-0.25, -0.2) is 0 Å². The van der Waals surface area contributed by atoms with Gasteiger partial charge in [0.1, 0.15) is 0 Å². The van der Waals surface area contributed by atoms with Crippen LogP contribution in [0.4, 0.5) is 5.95 Å². The zero-order valence-corrected chi connectivity index (χ0v) is 14.4. The molecule has 2 aromatic rings. The molecule has 1 saturated carbocycles. The number of rotatable bonds is 3. The second-order valence-electron chi connectivity index (χ2n) is 6.87. The van der Waals surface area contributed by atoms with Crippen LogP contribution in [0.15, 0.2) is 30.3 Å². The average Bonchev–Trinajstić information content (AvgIpc) is 3.19. The van der Waals surface area contributed by atoms with E-state index >= 15 is 0 Å². The minimum Gasteiger partial charge on any atom is -0.339 e. The maximum absolute atomic E-state index is 12.7. The molecule has 0 spiro atoms. The monoisotopic (exact) mass is 340 g/mol. The molecule has 0 bridgehead atoms.